The van der Waals surface area contributed by atoms with E-state index in [1.54, 1.807) is 24.4 Å². The number of halogens is 1. The fourth-order valence-electron chi connectivity index (χ4n) is 2.50. The zero-order chi connectivity index (χ0) is 14.1. The third-order valence-electron chi connectivity index (χ3n) is 3.45. The molecule has 1 N–H and O–H groups in total. The maximum absolute atomic E-state index is 11.1. The number of nitrogens with zero attached hydrogens (tertiary/aromatic N) is 1. The van der Waals surface area contributed by atoms with Gasteiger partial charge in [0.15, 0.2) is 0 Å². The monoisotopic (exact) mass is 285 g/mol. The molecule has 4 heteroatoms. The van der Waals surface area contributed by atoms with Crippen LogP contribution in [0.25, 0.3) is 5.57 Å². The first kappa shape index (κ1) is 12.9. The van der Waals surface area contributed by atoms with Crippen molar-refractivity contribution in [1.82, 2.24) is 4.98 Å². The summed E-state index contributed by atoms with van der Waals surface area (Å²) in [5.74, 6) is -0.912. The molecular formula is C16H12ClNO2. The van der Waals surface area contributed by atoms with Gasteiger partial charge >= 0.3 is 5.97 Å². The molecule has 20 heavy (non-hydrogen) atoms. The molecule has 0 atom stereocenters. The van der Waals surface area contributed by atoms with Gasteiger partial charge in [-0.1, -0.05) is 23.7 Å². The molecule has 1 heterocycles. The van der Waals surface area contributed by atoms with Crippen molar-refractivity contribution in [3.63, 3.8) is 0 Å². The molecule has 2 aromatic rings. The number of benzene rings is 1. The lowest BCUT2D eigenvalue weighted by Crippen LogP contribution is -2.05. The number of carbonyl (C=O) groups is 1. The van der Waals surface area contributed by atoms with E-state index >= 15 is 0 Å². The highest BCUT2D eigenvalue weighted by Crippen LogP contribution is 2.32. The number of aryl methyl sites for hydroxylation is 1. The van der Waals surface area contributed by atoms with Crippen molar-refractivity contribution in [1.29, 1.82) is 0 Å². The summed E-state index contributed by atoms with van der Waals surface area (Å²) in [7, 11) is 0. The van der Waals surface area contributed by atoms with Crippen molar-refractivity contribution in [3.05, 3.63) is 70.0 Å². The van der Waals surface area contributed by atoms with E-state index in [9.17, 15) is 4.79 Å². The quantitative estimate of drug-likeness (QED) is 0.854. The largest absolute Gasteiger partial charge is 0.478 e. The van der Waals surface area contributed by atoms with Gasteiger partial charge in [-0.15, -0.1) is 0 Å². The standard InChI is InChI=1S/C16H12ClNO2/c17-15-9-11(6-7-18-15)13-3-1-2-10-4-5-12(16(19)20)8-14(10)13/h3-9H,1-2H2,(H,19,20). The fraction of sp³-hybridized carbons (Fsp3) is 0.125. The zero-order valence-corrected chi connectivity index (χ0v) is 11.4. The van der Waals surface area contributed by atoms with Gasteiger partial charge in [-0.3, -0.25) is 0 Å². The van der Waals surface area contributed by atoms with Crippen LogP contribution < -0.4 is 0 Å². The normalized spacial score (nSPS) is 13.6. The molecule has 3 nitrogen and oxygen atoms in total. The van der Waals surface area contributed by atoms with Gasteiger partial charge in [0, 0.05) is 6.20 Å². The number of fused-ring (bicyclic) bond motifs is 1. The number of rotatable bonds is 2. The molecule has 0 fully saturated rings. The summed E-state index contributed by atoms with van der Waals surface area (Å²) >= 11 is 5.94. The van der Waals surface area contributed by atoms with E-state index in [-0.39, 0.29) is 0 Å². The molecule has 100 valence electrons. The summed E-state index contributed by atoms with van der Waals surface area (Å²) in [4.78, 5) is 15.1. The van der Waals surface area contributed by atoms with E-state index in [4.69, 9.17) is 16.7 Å². The summed E-state index contributed by atoms with van der Waals surface area (Å²) in [6.45, 7) is 0. The van der Waals surface area contributed by atoms with Crippen LogP contribution in [0.3, 0.4) is 0 Å². The zero-order valence-electron chi connectivity index (χ0n) is 10.6. The van der Waals surface area contributed by atoms with E-state index in [1.807, 2.05) is 12.1 Å². The number of hydrogen-bond donors (Lipinski definition) is 1. The highest BCUT2D eigenvalue weighted by atomic mass is 35.5. The molecular weight excluding hydrogens is 274 g/mol. The molecule has 3 rings (SSSR count). The molecule has 0 bridgehead atoms. The van der Waals surface area contributed by atoms with Crippen molar-refractivity contribution in [2.24, 2.45) is 0 Å². The minimum Gasteiger partial charge on any atom is -0.478 e. The minimum atomic E-state index is -0.912. The number of aromatic nitrogens is 1. The van der Waals surface area contributed by atoms with Crippen LogP contribution in [0.2, 0.25) is 5.15 Å². The SMILES string of the molecule is O=C(O)c1ccc2c(c1)C(c1ccnc(Cl)c1)=CCC2. The molecule has 1 aliphatic rings. The molecule has 1 aromatic carbocycles. The lowest BCUT2D eigenvalue weighted by atomic mass is 9.86. The molecule has 0 saturated heterocycles. The highest BCUT2D eigenvalue weighted by Gasteiger charge is 2.16. The first-order chi connectivity index (χ1) is 9.65. The Labute approximate surface area is 121 Å². The molecule has 0 radical (unpaired) electrons. The molecule has 1 aliphatic carbocycles. The topological polar surface area (TPSA) is 50.2 Å². The van der Waals surface area contributed by atoms with Gasteiger partial charge in [0.1, 0.15) is 5.15 Å². The van der Waals surface area contributed by atoms with Gasteiger partial charge < -0.3 is 5.11 Å². The van der Waals surface area contributed by atoms with E-state index < -0.39 is 5.97 Å². The van der Waals surface area contributed by atoms with Gasteiger partial charge in [-0.25, -0.2) is 9.78 Å². The molecule has 0 spiro atoms. The van der Waals surface area contributed by atoms with Crippen LogP contribution in [0.15, 0.2) is 42.6 Å². The van der Waals surface area contributed by atoms with E-state index in [2.05, 4.69) is 11.1 Å². The number of carboxylic acids is 1. The average molecular weight is 286 g/mol. The van der Waals surface area contributed by atoms with Crippen LogP contribution in [-0.2, 0) is 6.42 Å². The van der Waals surface area contributed by atoms with Crippen molar-refractivity contribution in [2.45, 2.75) is 12.8 Å². The Morgan fingerprint density at radius 3 is 2.85 bits per heavy atom. The lowest BCUT2D eigenvalue weighted by molar-refractivity contribution is 0.0697. The molecule has 0 saturated carbocycles. The minimum absolute atomic E-state index is 0.303. The Kier molecular flexibility index (Phi) is 3.28. The number of allylic oxidation sites excluding steroid dienone is 1. The summed E-state index contributed by atoms with van der Waals surface area (Å²) in [5.41, 5.74) is 4.43. The van der Waals surface area contributed by atoms with Crippen LogP contribution in [0.4, 0.5) is 0 Å². The summed E-state index contributed by atoms with van der Waals surface area (Å²) < 4.78 is 0. The van der Waals surface area contributed by atoms with Crippen molar-refractivity contribution >= 4 is 23.1 Å². The van der Waals surface area contributed by atoms with E-state index in [0.717, 1.165) is 29.5 Å². The highest BCUT2D eigenvalue weighted by molar-refractivity contribution is 6.29. The number of pyridine rings is 1. The van der Waals surface area contributed by atoms with Crippen LogP contribution in [-0.4, -0.2) is 16.1 Å². The predicted octanol–water partition coefficient (Wildman–Crippen LogP) is 3.81. The summed E-state index contributed by atoms with van der Waals surface area (Å²) in [6, 6.07) is 8.98. The third-order valence-corrected chi connectivity index (χ3v) is 3.65. The Morgan fingerprint density at radius 1 is 1.25 bits per heavy atom. The van der Waals surface area contributed by atoms with Crippen LogP contribution in [0.5, 0.6) is 0 Å². The first-order valence-corrected chi connectivity index (χ1v) is 6.71. The Morgan fingerprint density at radius 2 is 2.10 bits per heavy atom. The summed E-state index contributed by atoms with van der Waals surface area (Å²) in [6.07, 6.45) is 5.65. The molecule has 1 aromatic heterocycles. The van der Waals surface area contributed by atoms with E-state index in [1.165, 1.54) is 5.56 Å². The summed E-state index contributed by atoms with van der Waals surface area (Å²) in [5, 5.41) is 9.57. The second kappa shape index (κ2) is 5.10. The maximum atomic E-state index is 11.1. The predicted molar refractivity (Wildman–Crippen MR) is 78.0 cm³/mol. The molecule has 0 amide bonds. The number of hydrogen-bond acceptors (Lipinski definition) is 2. The van der Waals surface area contributed by atoms with Crippen molar-refractivity contribution in [3.8, 4) is 0 Å². The average Bonchev–Trinajstić information content (AvgIpc) is 2.46. The second-order valence-corrected chi connectivity index (χ2v) is 5.09. The van der Waals surface area contributed by atoms with Crippen LogP contribution in [0.1, 0.15) is 33.5 Å². The second-order valence-electron chi connectivity index (χ2n) is 4.70. The molecule has 0 unspecified atom stereocenters. The van der Waals surface area contributed by atoms with Crippen LogP contribution in [0, 0.1) is 0 Å². The Balaban J connectivity index is 2.14. The lowest BCUT2D eigenvalue weighted by Gasteiger charge is -2.18. The smallest absolute Gasteiger partial charge is 0.335 e. The first-order valence-electron chi connectivity index (χ1n) is 6.34. The number of carboxylic acid groups (broad SMARTS) is 1. The van der Waals surface area contributed by atoms with Gasteiger partial charge in [-0.2, -0.15) is 0 Å². The molecule has 0 aliphatic heterocycles. The third kappa shape index (κ3) is 2.32. The van der Waals surface area contributed by atoms with Gasteiger partial charge in [0.05, 0.1) is 5.56 Å². The van der Waals surface area contributed by atoms with Gasteiger partial charge in [-0.05, 0) is 59.4 Å². The van der Waals surface area contributed by atoms with Crippen LogP contribution >= 0.6 is 11.6 Å². The van der Waals surface area contributed by atoms with Gasteiger partial charge in [0.25, 0.3) is 0 Å². The van der Waals surface area contributed by atoms with E-state index in [0.29, 0.717) is 10.7 Å². The number of aromatic carboxylic acids is 1. The van der Waals surface area contributed by atoms with Crippen molar-refractivity contribution in [2.75, 3.05) is 0 Å². The maximum Gasteiger partial charge on any atom is 0.335 e. The van der Waals surface area contributed by atoms with Gasteiger partial charge in [0.2, 0.25) is 0 Å². The fourth-order valence-corrected chi connectivity index (χ4v) is 2.68. The Bertz CT molecular complexity index is 722. The Hall–Kier alpha value is -2.13. The van der Waals surface area contributed by atoms with Crippen molar-refractivity contribution < 1.29 is 9.90 Å².